The number of aliphatic carboxylic acids is 1. The molecule has 6 heteroatoms. The van der Waals surface area contributed by atoms with Crippen LogP contribution in [-0.4, -0.2) is 42.3 Å². The third-order valence-corrected chi connectivity index (χ3v) is 5.38. The van der Waals surface area contributed by atoms with E-state index in [0.717, 1.165) is 35.0 Å². The molecule has 2 aliphatic heterocycles. The van der Waals surface area contributed by atoms with Gasteiger partial charge < -0.3 is 19.9 Å². The molecule has 2 saturated heterocycles. The second-order valence-corrected chi connectivity index (χ2v) is 6.86. The largest absolute Gasteiger partial charge is 0.493 e. The number of rotatable bonds is 5. The minimum absolute atomic E-state index is 0.00227. The average Bonchev–Trinajstić information content (AvgIpc) is 3.18. The average molecular weight is 323 g/mol. The Morgan fingerprint density at radius 1 is 1.45 bits per heavy atom. The summed E-state index contributed by atoms with van der Waals surface area (Å²) >= 11 is 1.90. The van der Waals surface area contributed by atoms with Crippen LogP contribution >= 0.6 is 11.8 Å². The molecule has 3 atom stereocenters. The Morgan fingerprint density at radius 2 is 2.32 bits per heavy atom. The molecule has 2 fully saturated rings. The summed E-state index contributed by atoms with van der Waals surface area (Å²) < 4.78 is 11.7. The molecule has 0 bridgehead atoms. The van der Waals surface area contributed by atoms with Gasteiger partial charge >= 0.3 is 5.97 Å². The summed E-state index contributed by atoms with van der Waals surface area (Å²) in [6.45, 7) is 0.494. The van der Waals surface area contributed by atoms with Crippen molar-refractivity contribution in [1.29, 1.82) is 0 Å². The van der Waals surface area contributed by atoms with Crippen molar-refractivity contribution < 1.29 is 19.4 Å². The quantitative estimate of drug-likeness (QED) is 0.867. The van der Waals surface area contributed by atoms with E-state index in [9.17, 15) is 4.79 Å². The predicted molar refractivity (Wildman–Crippen MR) is 85.8 cm³/mol. The molecule has 2 heterocycles. The Bertz CT molecular complexity index is 545. The Morgan fingerprint density at radius 3 is 2.95 bits per heavy atom. The van der Waals surface area contributed by atoms with E-state index in [1.165, 1.54) is 0 Å². The second-order valence-electron chi connectivity index (χ2n) is 5.71. The number of carbonyl (C=O) groups is 1. The van der Waals surface area contributed by atoms with Gasteiger partial charge in [-0.15, -0.1) is 0 Å². The minimum Gasteiger partial charge on any atom is -0.493 e. The predicted octanol–water partition coefficient (Wildman–Crippen LogP) is 2.31. The molecule has 0 spiro atoms. The highest BCUT2D eigenvalue weighted by Gasteiger charge is 2.32. The van der Waals surface area contributed by atoms with E-state index < -0.39 is 5.97 Å². The molecule has 5 nitrogen and oxygen atoms in total. The summed E-state index contributed by atoms with van der Waals surface area (Å²) in [4.78, 5) is 11.1. The van der Waals surface area contributed by atoms with Crippen LogP contribution in [0.5, 0.6) is 11.5 Å². The molecule has 1 aromatic rings. The molecule has 120 valence electrons. The van der Waals surface area contributed by atoms with Crippen LogP contribution in [0.2, 0.25) is 0 Å². The molecule has 2 aliphatic rings. The van der Waals surface area contributed by atoms with Gasteiger partial charge in [0.2, 0.25) is 0 Å². The van der Waals surface area contributed by atoms with E-state index in [1.54, 1.807) is 7.11 Å². The first-order valence-electron chi connectivity index (χ1n) is 7.56. The molecule has 0 amide bonds. The van der Waals surface area contributed by atoms with Crippen LogP contribution in [0.1, 0.15) is 24.4 Å². The lowest BCUT2D eigenvalue weighted by Crippen LogP contribution is -2.18. The molecule has 0 aliphatic carbocycles. The van der Waals surface area contributed by atoms with Gasteiger partial charge in [0.1, 0.15) is 6.10 Å². The molecule has 3 unspecified atom stereocenters. The summed E-state index contributed by atoms with van der Waals surface area (Å²) in [7, 11) is 1.64. The van der Waals surface area contributed by atoms with Gasteiger partial charge in [0.25, 0.3) is 0 Å². The summed E-state index contributed by atoms with van der Waals surface area (Å²) in [6, 6.07) is 5.86. The lowest BCUT2D eigenvalue weighted by atomic mass is 9.99. The van der Waals surface area contributed by atoms with Gasteiger partial charge in [-0.3, -0.25) is 4.79 Å². The van der Waals surface area contributed by atoms with E-state index in [2.05, 4.69) is 5.32 Å². The van der Waals surface area contributed by atoms with Crippen LogP contribution in [0, 0.1) is 5.92 Å². The van der Waals surface area contributed by atoms with Crippen LogP contribution in [-0.2, 0) is 4.79 Å². The van der Waals surface area contributed by atoms with Crippen molar-refractivity contribution in [3.63, 3.8) is 0 Å². The van der Waals surface area contributed by atoms with E-state index in [0.29, 0.717) is 13.0 Å². The molecular formula is C16H21NO4S. The Labute approximate surface area is 134 Å². The monoisotopic (exact) mass is 323 g/mol. The normalized spacial score (nSPS) is 27.8. The van der Waals surface area contributed by atoms with Gasteiger partial charge in [0.15, 0.2) is 11.5 Å². The van der Waals surface area contributed by atoms with Crippen LogP contribution < -0.4 is 14.8 Å². The van der Waals surface area contributed by atoms with Gasteiger partial charge in [-0.1, -0.05) is 12.1 Å². The fourth-order valence-electron chi connectivity index (χ4n) is 3.06. The highest BCUT2D eigenvalue weighted by Crippen LogP contribution is 2.40. The van der Waals surface area contributed by atoms with Gasteiger partial charge in [0.05, 0.1) is 13.0 Å². The smallest absolute Gasteiger partial charge is 0.307 e. The zero-order chi connectivity index (χ0) is 15.5. The summed E-state index contributed by atoms with van der Waals surface area (Å²) in [5.41, 5.74) is 0.981. The third-order valence-electron chi connectivity index (χ3n) is 4.25. The molecule has 0 radical (unpaired) electrons. The first-order chi connectivity index (χ1) is 10.7. The SMILES string of the molecule is COc1c(OC2CCSC2)cccc1C1CC(C(=O)O)CN1. The molecule has 1 aromatic carbocycles. The van der Waals surface area contributed by atoms with Gasteiger partial charge in [-0.2, -0.15) is 11.8 Å². The molecular weight excluding hydrogens is 302 g/mol. The maximum absolute atomic E-state index is 11.1. The van der Waals surface area contributed by atoms with Crippen molar-refractivity contribution in [2.45, 2.75) is 25.0 Å². The van der Waals surface area contributed by atoms with E-state index in [-0.39, 0.29) is 18.1 Å². The van der Waals surface area contributed by atoms with Gasteiger partial charge in [0, 0.05) is 23.9 Å². The standard InChI is InChI=1S/C16H21NO4S/c1-20-15-12(13-7-10(8-17-13)16(18)19)3-2-4-14(15)21-11-5-6-22-9-11/h2-4,10-11,13,17H,5-9H2,1H3,(H,18,19). The van der Waals surface area contributed by atoms with E-state index in [1.807, 2.05) is 30.0 Å². The summed E-state index contributed by atoms with van der Waals surface area (Å²) in [5, 5.41) is 12.4. The number of benzene rings is 1. The highest BCUT2D eigenvalue weighted by atomic mass is 32.2. The molecule has 0 aromatic heterocycles. The third kappa shape index (κ3) is 3.17. The van der Waals surface area contributed by atoms with Crippen molar-refractivity contribution in [2.24, 2.45) is 5.92 Å². The van der Waals surface area contributed by atoms with Crippen molar-refractivity contribution in [2.75, 3.05) is 25.2 Å². The van der Waals surface area contributed by atoms with Crippen molar-refractivity contribution in [3.05, 3.63) is 23.8 Å². The number of carboxylic acids is 1. The van der Waals surface area contributed by atoms with Crippen LogP contribution in [0.15, 0.2) is 18.2 Å². The maximum Gasteiger partial charge on any atom is 0.307 e. The van der Waals surface area contributed by atoms with Gasteiger partial charge in [-0.25, -0.2) is 0 Å². The Kier molecular flexibility index (Phi) is 4.78. The van der Waals surface area contributed by atoms with Crippen molar-refractivity contribution >= 4 is 17.7 Å². The topological polar surface area (TPSA) is 67.8 Å². The Hall–Kier alpha value is -1.40. The van der Waals surface area contributed by atoms with Crippen LogP contribution in [0.4, 0.5) is 0 Å². The van der Waals surface area contributed by atoms with Crippen LogP contribution in [0.25, 0.3) is 0 Å². The summed E-state index contributed by atoms with van der Waals surface area (Å²) in [6.07, 6.45) is 1.87. The number of hydrogen-bond donors (Lipinski definition) is 2. The lowest BCUT2D eigenvalue weighted by molar-refractivity contribution is -0.141. The number of para-hydroxylation sites is 1. The van der Waals surface area contributed by atoms with E-state index >= 15 is 0 Å². The number of carboxylic acid groups (broad SMARTS) is 1. The number of hydrogen-bond acceptors (Lipinski definition) is 5. The molecule has 0 saturated carbocycles. The first-order valence-corrected chi connectivity index (χ1v) is 8.72. The van der Waals surface area contributed by atoms with Crippen LogP contribution in [0.3, 0.4) is 0 Å². The number of nitrogens with one attached hydrogen (secondary N) is 1. The minimum atomic E-state index is -0.746. The number of thioether (sulfide) groups is 1. The van der Waals surface area contributed by atoms with E-state index in [4.69, 9.17) is 14.6 Å². The molecule has 22 heavy (non-hydrogen) atoms. The number of ether oxygens (including phenoxy) is 2. The fraction of sp³-hybridized carbons (Fsp3) is 0.562. The number of methoxy groups -OCH3 is 1. The lowest BCUT2D eigenvalue weighted by Gasteiger charge is -2.20. The molecule has 3 rings (SSSR count). The fourth-order valence-corrected chi connectivity index (χ4v) is 4.16. The zero-order valence-corrected chi connectivity index (χ0v) is 13.4. The molecule has 2 N–H and O–H groups in total. The Balaban J connectivity index is 1.80. The second kappa shape index (κ2) is 6.79. The maximum atomic E-state index is 11.1. The van der Waals surface area contributed by atoms with Gasteiger partial charge in [-0.05, 0) is 24.7 Å². The van der Waals surface area contributed by atoms with Crippen molar-refractivity contribution in [1.82, 2.24) is 5.32 Å². The summed E-state index contributed by atoms with van der Waals surface area (Å²) in [5.74, 6) is 2.54. The first kappa shape index (κ1) is 15.5. The van der Waals surface area contributed by atoms with Crippen molar-refractivity contribution in [3.8, 4) is 11.5 Å². The zero-order valence-electron chi connectivity index (χ0n) is 12.6. The highest BCUT2D eigenvalue weighted by molar-refractivity contribution is 7.99.